The van der Waals surface area contributed by atoms with Crippen molar-refractivity contribution in [1.82, 2.24) is 4.98 Å². The first kappa shape index (κ1) is 11.7. The predicted octanol–water partition coefficient (Wildman–Crippen LogP) is 1.74. The average molecular weight is 253 g/mol. The fraction of sp³-hybridized carbons (Fsp3) is 0.200. The second-order valence-electron chi connectivity index (χ2n) is 4.70. The van der Waals surface area contributed by atoms with E-state index in [4.69, 9.17) is 5.73 Å². The molecule has 1 amide bonds. The zero-order valence-corrected chi connectivity index (χ0v) is 10.5. The van der Waals surface area contributed by atoms with E-state index in [0.717, 1.165) is 29.8 Å². The Morgan fingerprint density at radius 1 is 1.37 bits per heavy atom. The number of hydrogen-bond acceptors (Lipinski definition) is 3. The number of amides is 1. The van der Waals surface area contributed by atoms with Crippen LogP contribution < -0.4 is 11.1 Å². The molecule has 0 atom stereocenters. The fourth-order valence-electron chi connectivity index (χ4n) is 2.48. The van der Waals surface area contributed by atoms with Crippen molar-refractivity contribution in [3.8, 4) is 11.3 Å². The Bertz CT molecular complexity index is 637. The molecule has 0 fully saturated rings. The molecule has 19 heavy (non-hydrogen) atoms. The van der Waals surface area contributed by atoms with E-state index in [1.807, 2.05) is 18.2 Å². The van der Waals surface area contributed by atoms with Gasteiger partial charge in [0, 0.05) is 24.0 Å². The van der Waals surface area contributed by atoms with Gasteiger partial charge in [0.05, 0.1) is 12.1 Å². The maximum Gasteiger partial charge on any atom is 0.221 e. The molecule has 0 spiro atoms. The van der Waals surface area contributed by atoms with Crippen LogP contribution in [0, 0.1) is 0 Å². The topological polar surface area (TPSA) is 68.0 Å². The van der Waals surface area contributed by atoms with Crippen molar-refractivity contribution < 1.29 is 4.79 Å². The third-order valence-corrected chi connectivity index (χ3v) is 3.34. The molecule has 4 heteroatoms. The van der Waals surface area contributed by atoms with E-state index >= 15 is 0 Å². The molecule has 96 valence electrons. The number of nitrogens with zero attached hydrogens (tertiary/aromatic N) is 1. The fourth-order valence-corrected chi connectivity index (χ4v) is 2.48. The Hall–Kier alpha value is -2.36. The van der Waals surface area contributed by atoms with Crippen molar-refractivity contribution in [2.24, 2.45) is 5.73 Å². The summed E-state index contributed by atoms with van der Waals surface area (Å²) in [5, 5.41) is 3.33. The summed E-state index contributed by atoms with van der Waals surface area (Å²) in [4.78, 5) is 15.5. The molecule has 1 aliphatic rings. The average Bonchev–Trinajstić information content (AvgIpc) is 2.86. The smallest absolute Gasteiger partial charge is 0.221 e. The lowest BCUT2D eigenvalue weighted by Crippen LogP contribution is -2.14. The maximum atomic E-state index is 11.1. The van der Waals surface area contributed by atoms with Gasteiger partial charge in [-0.1, -0.05) is 12.1 Å². The van der Waals surface area contributed by atoms with Crippen LogP contribution in [0.5, 0.6) is 0 Å². The van der Waals surface area contributed by atoms with Crippen LogP contribution in [0.3, 0.4) is 0 Å². The van der Waals surface area contributed by atoms with E-state index in [-0.39, 0.29) is 12.3 Å². The zero-order valence-electron chi connectivity index (χ0n) is 10.5. The minimum absolute atomic E-state index is 0.221. The van der Waals surface area contributed by atoms with Gasteiger partial charge in [-0.05, 0) is 35.7 Å². The number of carbonyl (C=O) groups is 1. The molecule has 0 aliphatic carbocycles. The highest BCUT2D eigenvalue weighted by Gasteiger charge is 2.13. The van der Waals surface area contributed by atoms with Crippen molar-refractivity contribution in [1.29, 1.82) is 0 Å². The van der Waals surface area contributed by atoms with E-state index in [2.05, 4.69) is 22.4 Å². The van der Waals surface area contributed by atoms with Crippen LogP contribution in [0.1, 0.15) is 11.1 Å². The van der Waals surface area contributed by atoms with Gasteiger partial charge in [-0.2, -0.15) is 0 Å². The van der Waals surface area contributed by atoms with Gasteiger partial charge in [0.2, 0.25) is 5.91 Å². The summed E-state index contributed by atoms with van der Waals surface area (Å²) in [6, 6.07) is 9.97. The molecule has 0 unspecified atom stereocenters. The lowest BCUT2D eigenvalue weighted by molar-refractivity contribution is -0.117. The molecule has 2 aromatic rings. The standard InChI is InChI=1S/C15H15N3O/c16-14(19)9-11-2-1-6-18-15(11)12-3-4-13-10(8-12)5-7-17-13/h1-4,6,8,17H,5,7,9H2,(H2,16,19). The molecule has 2 heterocycles. The second kappa shape index (κ2) is 4.72. The molecule has 3 N–H and O–H groups in total. The molecule has 1 aromatic heterocycles. The number of carbonyl (C=O) groups excluding carboxylic acids is 1. The van der Waals surface area contributed by atoms with Gasteiger partial charge in [-0.25, -0.2) is 0 Å². The van der Waals surface area contributed by atoms with E-state index < -0.39 is 0 Å². The number of fused-ring (bicyclic) bond motifs is 1. The summed E-state index contributed by atoms with van der Waals surface area (Å²) in [7, 11) is 0. The molecule has 1 aliphatic heterocycles. The Morgan fingerprint density at radius 3 is 3.11 bits per heavy atom. The van der Waals surface area contributed by atoms with Gasteiger partial charge < -0.3 is 11.1 Å². The van der Waals surface area contributed by atoms with Crippen molar-refractivity contribution in [2.75, 3.05) is 11.9 Å². The number of rotatable bonds is 3. The zero-order chi connectivity index (χ0) is 13.2. The van der Waals surface area contributed by atoms with Crippen LogP contribution in [-0.2, 0) is 17.6 Å². The molecule has 0 saturated heterocycles. The number of nitrogens with one attached hydrogen (secondary N) is 1. The second-order valence-corrected chi connectivity index (χ2v) is 4.70. The van der Waals surface area contributed by atoms with Crippen molar-refractivity contribution in [2.45, 2.75) is 12.8 Å². The van der Waals surface area contributed by atoms with Gasteiger partial charge in [0.25, 0.3) is 0 Å². The first-order chi connectivity index (χ1) is 9.24. The van der Waals surface area contributed by atoms with Crippen molar-refractivity contribution in [3.63, 3.8) is 0 Å². The molecule has 3 rings (SSSR count). The largest absolute Gasteiger partial charge is 0.384 e. The number of pyridine rings is 1. The summed E-state index contributed by atoms with van der Waals surface area (Å²) in [5.74, 6) is -0.336. The highest BCUT2D eigenvalue weighted by Crippen LogP contribution is 2.29. The summed E-state index contributed by atoms with van der Waals surface area (Å²) >= 11 is 0. The first-order valence-electron chi connectivity index (χ1n) is 6.33. The minimum atomic E-state index is -0.336. The molecular formula is C15H15N3O. The van der Waals surface area contributed by atoms with Gasteiger partial charge in [0.15, 0.2) is 0 Å². The van der Waals surface area contributed by atoms with Crippen LogP contribution >= 0.6 is 0 Å². The SMILES string of the molecule is NC(=O)Cc1cccnc1-c1ccc2c(c1)CCN2. The minimum Gasteiger partial charge on any atom is -0.384 e. The lowest BCUT2D eigenvalue weighted by Gasteiger charge is -2.08. The Kier molecular flexibility index (Phi) is 2.91. The highest BCUT2D eigenvalue weighted by atomic mass is 16.1. The summed E-state index contributed by atoms with van der Waals surface area (Å²) in [6.45, 7) is 0.981. The number of primary amides is 1. The third-order valence-electron chi connectivity index (χ3n) is 3.34. The van der Waals surface area contributed by atoms with E-state index in [0.29, 0.717) is 0 Å². The number of nitrogens with two attached hydrogens (primary N) is 1. The number of anilines is 1. The summed E-state index contributed by atoms with van der Waals surface area (Å²) in [6.07, 6.45) is 2.99. The van der Waals surface area contributed by atoms with Crippen molar-refractivity contribution in [3.05, 3.63) is 47.7 Å². The van der Waals surface area contributed by atoms with E-state index in [1.165, 1.54) is 11.3 Å². The Labute approximate surface area is 111 Å². The molecule has 0 saturated carbocycles. The number of hydrogen-bond donors (Lipinski definition) is 2. The molecular weight excluding hydrogens is 238 g/mol. The first-order valence-corrected chi connectivity index (χ1v) is 6.33. The van der Waals surface area contributed by atoms with Crippen molar-refractivity contribution >= 4 is 11.6 Å². The normalized spacial score (nSPS) is 12.8. The lowest BCUT2D eigenvalue weighted by atomic mass is 10.0. The predicted molar refractivity (Wildman–Crippen MR) is 74.8 cm³/mol. The van der Waals surface area contributed by atoms with Crippen LogP contribution in [0.4, 0.5) is 5.69 Å². The van der Waals surface area contributed by atoms with Crippen LogP contribution in [0.15, 0.2) is 36.5 Å². The maximum absolute atomic E-state index is 11.1. The molecule has 0 bridgehead atoms. The molecule has 0 radical (unpaired) electrons. The van der Waals surface area contributed by atoms with E-state index in [9.17, 15) is 4.79 Å². The Balaban J connectivity index is 2.04. The highest BCUT2D eigenvalue weighted by molar-refractivity contribution is 5.80. The number of aromatic nitrogens is 1. The van der Waals surface area contributed by atoms with E-state index in [1.54, 1.807) is 6.20 Å². The van der Waals surface area contributed by atoms with Gasteiger partial charge in [-0.15, -0.1) is 0 Å². The number of benzene rings is 1. The molecule has 1 aromatic carbocycles. The summed E-state index contributed by atoms with van der Waals surface area (Å²) < 4.78 is 0. The van der Waals surface area contributed by atoms with Crippen LogP contribution in [0.25, 0.3) is 11.3 Å². The monoisotopic (exact) mass is 253 g/mol. The van der Waals surface area contributed by atoms with Gasteiger partial charge in [-0.3, -0.25) is 9.78 Å². The van der Waals surface area contributed by atoms with Crippen LogP contribution in [0.2, 0.25) is 0 Å². The van der Waals surface area contributed by atoms with Gasteiger partial charge >= 0.3 is 0 Å². The third kappa shape index (κ3) is 2.29. The summed E-state index contributed by atoms with van der Waals surface area (Å²) in [5.41, 5.74) is 10.5. The Morgan fingerprint density at radius 2 is 2.26 bits per heavy atom. The molecule has 4 nitrogen and oxygen atoms in total. The van der Waals surface area contributed by atoms with Gasteiger partial charge in [0.1, 0.15) is 0 Å². The van der Waals surface area contributed by atoms with Crippen LogP contribution in [-0.4, -0.2) is 17.4 Å². The quantitative estimate of drug-likeness (QED) is 0.875.